The van der Waals surface area contributed by atoms with Gasteiger partial charge in [-0.2, -0.15) is 5.10 Å². The van der Waals surface area contributed by atoms with Crippen molar-refractivity contribution in [3.8, 4) is 5.69 Å². The minimum Gasteiger partial charge on any atom is -0.349 e. The summed E-state index contributed by atoms with van der Waals surface area (Å²) < 4.78 is 1.89. The molecule has 0 radical (unpaired) electrons. The summed E-state index contributed by atoms with van der Waals surface area (Å²) in [4.78, 5) is 23.4. The molecule has 1 saturated heterocycles. The average Bonchev–Trinajstić information content (AvgIpc) is 3.07. The molecule has 7 nitrogen and oxygen atoms in total. The Labute approximate surface area is 164 Å². The third kappa shape index (κ3) is 3.88. The molecule has 0 aliphatic carbocycles. The second-order valence-electron chi connectivity index (χ2n) is 7.17. The van der Waals surface area contributed by atoms with Crippen LogP contribution in [0.1, 0.15) is 34.6 Å². The van der Waals surface area contributed by atoms with Gasteiger partial charge in [0, 0.05) is 42.8 Å². The number of carbonyl (C=O) groups excluding carboxylic acids is 1. The number of aromatic nitrogens is 4. The molecule has 1 aliphatic rings. The van der Waals surface area contributed by atoms with E-state index in [9.17, 15) is 4.79 Å². The Hall–Kier alpha value is -3.22. The topological polar surface area (TPSA) is 75.9 Å². The zero-order valence-corrected chi connectivity index (χ0v) is 16.2. The molecule has 1 aromatic carbocycles. The number of benzene rings is 1. The van der Waals surface area contributed by atoms with Gasteiger partial charge in [-0.3, -0.25) is 4.79 Å². The molecular weight excluding hydrogens is 352 g/mol. The predicted octanol–water partition coefficient (Wildman–Crippen LogP) is 2.68. The number of amides is 1. The molecule has 3 aromatic rings. The van der Waals surface area contributed by atoms with Crippen molar-refractivity contribution < 1.29 is 4.79 Å². The van der Waals surface area contributed by atoms with Gasteiger partial charge in [0.25, 0.3) is 5.91 Å². The standard InChI is InChI=1S/C21H24N6O/c1-15-14-16(2)27(25-15)19-6-4-17(5-7-19)20(28)24-18-8-12-26(13-9-18)21-22-10-3-11-23-21/h3-7,10-11,14,18H,8-9,12-13H2,1-2H3,(H,24,28). The van der Waals surface area contributed by atoms with Crippen LogP contribution in [0.4, 0.5) is 5.95 Å². The Bertz CT molecular complexity index is 943. The van der Waals surface area contributed by atoms with Crippen LogP contribution in [0.25, 0.3) is 5.69 Å². The van der Waals surface area contributed by atoms with E-state index in [0.29, 0.717) is 5.56 Å². The summed E-state index contributed by atoms with van der Waals surface area (Å²) in [6.07, 6.45) is 5.28. The first kappa shape index (κ1) is 18.2. The Morgan fingerprint density at radius 3 is 2.36 bits per heavy atom. The first-order valence-corrected chi connectivity index (χ1v) is 9.57. The number of aryl methyl sites for hydroxylation is 2. The zero-order valence-electron chi connectivity index (χ0n) is 16.2. The molecule has 2 aromatic heterocycles. The van der Waals surface area contributed by atoms with Gasteiger partial charge in [-0.15, -0.1) is 0 Å². The zero-order chi connectivity index (χ0) is 19.5. The maximum atomic E-state index is 12.6. The summed E-state index contributed by atoms with van der Waals surface area (Å²) in [5.74, 6) is 0.723. The number of hydrogen-bond acceptors (Lipinski definition) is 5. The van der Waals surface area contributed by atoms with Crippen molar-refractivity contribution in [3.63, 3.8) is 0 Å². The van der Waals surface area contributed by atoms with E-state index in [1.54, 1.807) is 12.4 Å². The SMILES string of the molecule is Cc1cc(C)n(-c2ccc(C(=O)NC3CCN(c4ncccn4)CC3)cc2)n1. The predicted molar refractivity (Wildman–Crippen MR) is 108 cm³/mol. The number of hydrogen-bond donors (Lipinski definition) is 1. The lowest BCUT2D eigenvalue weighted by molar-refractivity contribution is 0.0931. The molecular formula is C21H24N6O. The van der Waals surface area contributed by atoms with Crippen LogP contribution < -0.4 is 10.2 Å². The fourth-order valence-corrected chi connectivity index (χ4v) is 3.59. The van der Waals surface area contributed by atoms with E-state index >= 15 is 0 Å². The van der Waals surface area contributed by atoms with Gasteiger partial charge in [0.15, 0.2) is 0 Å². The summed E-state index contributed by atoms with van der Waals surface area (Å²) in [5.41, 5.74) is 3.67. The summed E-state index contributed by atoms with van der Waals surface area (Å²) in [5, 5.41) is 7.63. The summed E-state index contributed by atoms with van der Waals surface area (Å²) in [6.45, 7) is 5.67. The van der Waals surface area contributed by atoms with Crippen molar-refractivity contribution in [2.75, 3.05) is 18.0 Å². The third-order valence-corrected chi connectivity index (χ3v) is 5.05. The van der Waals surface area contributed by atoms with Gasteiger partial charge in [-0.05, 0) is 63.1 Å². The Kier molecular flexibility index (Phi) is 5.06. The lowest BCUT2D eigenvalue weighted by Gasteiger charge is -2.32. The summed E-state index contributed by atoms with van der Waals surface area (Å²) >= 11 is 0. The molecule has 0 spiro atoms. The van der Waals surface area contributed by atoms with Gasteiger partial charge in [0.1, 0.15) is 0 Å². The Morgan fingerprint density at radius 1 is 1.07 bits per heavy atom. The molecule has 1 fully saturated rings. The lowest BCUT2D eigenvalue weighted by Crippen LogP contribution is -2.45. The van der Waals surface area contributed by atoms with Crippen LogP contribution in [-0.2, 0) is 0 Å². The van der Waals surface area contributed by atoms with Crippen LogP contribution in [0.5, 0.6) is 0 Å². The van der Waals surface area contributed by atoms with E-state index in [1.807, 2.05) is 54.9 Å². The van der Waals surface area contributed by atoms with Crippen molar-refractivity contribution in [2.24, 2.45) is 0 Å². The van der Waals surface area contributed by atoms with Gasteiger partial charge < -0.3 is 10.2 Å². The summed E-state index contributed by atoms with van der Waals surface area (Å²) in [7, 11) is 0. The molecule has 144 valence electrons. The third-order valence-electron chi connectivity index (χ3n) is 5.05. The number of anilines is 1. The van der Waals surface area contributed by atoms with Crippen LogP contribution in [0.3, 0.4) is 0 Å². The van der Waals surface area contributed by atoms with Crippen molar-refractivity contribution in [2.45, 2.75) is 32.7 Å². The first-order chi connectivity index (χ1) is 13.6. The minimum absolute atomic E-state index is 0.0330. The fraction of sp³-hybridized carbons (Fsp3) is 0.333. The van der Waals surface area contributed by atoms with Crippen LogP contribution >= 0.6 is 0 Å². The molecule has 0 saturated carbocycles. The molecule has 4 rings (SSSR count). The van der Waals surface area contributed by atoms with Crippen molar-refractivity contribution >= 4 is 11.9 Å². The summed E-state index contributed by atoms with van der Waals surface area (Å²) in [6, 6.07) is 11.6. The smallest absolute Gasteiger partial charge is 0.251 e. The average molecular weight is 376 g/mol. The van der Waals surface area contributed by atoms with Gasteiger partial charge in [0.2, 0.25) is 5.95 Å². The largest absolute Gasteiger partial charge is 0.349 e. The van der Waals surface area contributed by atoms with E-state index in [0.717, 1.165) is 49.0 Å². The number of piperidine rings is 1. The first-order valence-electron chi connectivity index (χ1n) is 9.57. The van der Waals surface area contributed by atoms with E-state index < -0.39 is 0 Å². The maximum Gasteiger partial charge on any atom is 0.251 e. The lowest BCUT2D eigenvalue weighted by atomic mass is 10.0. The molecule has 3 heterocycles. The van der Waals surface area contributed by atoms with Gasteiger partial charge in [0.05, 0.1) is 11.4 Å². The molecule has 1 amide bonds. The van der Waals surface area contributed by atoms with Crippen LogP contribution in [0.15, 0.2) is 48.8 Å². The normalized spacial score (nSPS) is 14.9. The van der Waals surface area contributed by atoms with E-state index in [-0.39, 0.29) is 11.9 Å². The second kappa shape index (κ2) is 7.80. The van der Waals surface area contributed by atoms with Crippen molar-refractivity contribution in [3.05, 3.63) is 65.7 Å². The van der Waals surface area contributed by atoms with Crippen LogP contribution in [0, 0.1) is 13.8 Å². The van der Waals surface area contributed by atoms with E-state index in [4.69, 9.17) is 0 Å². The second-order valence-corrected chi connectivity index (χ2v) is 7.17. The maximum absolute atomic E-state index is 12.6. The molecule has 1 N–H and O–H groups in total. The highest BCUT2D eigenvalue weighted by molar-refractivity contribution is 5.94. The van der Waals surface area contributed by atoms with Crippen LogP contribution in [0.2, 0.25) is 0 Å². The van der Waals surface area contributed by atoms with E-state index in [2.05, 4.69) is 25.3 Å². The number of nitrogens with one attached hydrogen (secondary N) is 1. The monoisotopic (exact) mass is 376 g/mol. The highest BCUT2D eigenvalue weighted by Crippen LogP contribution is 2.17. The number of rotatable bonds is 4. The molecule has 0 bridgehead atoms. The Morgan fingerprint density at radius 2 is 1.75 bits per heavy atom. The fourth-order valence-electron chi connectivity index (χ4n) is 3.59. The highest BCUT2D eigenvalue weighted by atomic mass is 16.1. The van der Waals surface area contributed by atoms with Crippen molar-refractivity contribution in [1.82, 2.24) is 25.1 Å². The number of carbonyl (C=O) groups is 1. The minimum atomic E-state index is -0.0330. The highest BCUT2D eigenvalue weighted by Gasteiger charge is 2.22. The Balaban J connectivity index is 1.35. The van der Waals surface area contributed by atoms with Crippen molar-refractivity contribution in [1.29, 1.82) is 0 Å². The quantitative estimate of drug-likeness (QED) is 0.758. The van der Waals surface area contributed by atoms with Gasteiger partial charge in [-0.25, -0.2) is 14.6 Å². The van der Waals surface area contributed by atoms with Crippen LogP contribution in [-0.4, -0.2) is 44.8 Å². The molecule has 28 heavy (non-hydrogen) atoms. The van der Waals surface area contributed by atoms with Gasteiger partial charge >= 0.3 is 0 Å². The molecule has 7 heteroatoms. The number of nitrogens with zero attached hydrogens (tertiary/aromatic N) is 5. The van der Waals surface area contributed by atoms with E-state index in [1.165, 1.54) is 0 Å². The molecule has 0 unspecified atom stereocenters. The molecule has 0 atom stereocenters. The van der Waals surface area contributed by atoms with Gasteiger partial charge in [-0.1, -0.05) is 0 Å². The molecule has 1 aliphatic heterocycles.